The van der Waals surface area contributed by atoms with Crippen LogP contribution in [0.15, 0.2) is 18.2 Å². The molecule has 1 rings (SSSR count). The van der Waals surface area contributed by atoms with Crippen molar-refractivity contribution in [2.75, 3.05) is 13.7 Å². The number of nitrogens with two attached hydrogens (primary N) is 1. The second-order valence-electron chi connectivity index (χ2n) is 3.05. The molecule has 0 spiro atoms. The van der Waals surface area contributed by atoms with Crippen LogP contribution >= 0.6 is 0 Å². The first-order chi connectivity index (χ1) is 7.10. The SMILES string of the molecule is COc1ccc(O)cc1C(CN)C(=O)O. The molecule has 15 heavy (non-hydrogen) atoms. The Balaban J connectivity index is 3.19. The van der Waals surface area contributed by atoms with Gasteiger partial charge in [0.2, 0.25) is 0 Å². The van der Waals surface area contributed by atoms with Gasteiger partial charge < -0.3 is 20.7 Å². The molecule has 1 atom stereocenters. The van der Waals surface area contributed by atoms with Gasteiger partial charge in [-0.3, -0.25) is 4.79 Å². The standard InChI is InChI=1S/C10H13NO4/c1-15-9-3-2-6(12)4-7(9)8(5-11)10(13)14/h2-4,8,12H,5,11H2,1H3,(H,13,14). The fraction of sp³-hybridized carbons (Fsp3) is 0.300. The van der Waals surface area contributed by atoms with Crippen LogP contribution in [0.1, 0.15) is 11.5 Å². The van der Waals surface area contributed by atoms with Gasteiger partial charge in [-0.05, 0) is 18.2 Å². The van der Waals surface area contributed by atoms with Crippen LogP contribution in [-0.2, 0) is 4.79 Å². The van der Waals surface area contributed by atoms with Crippen molar-refractivity contribution < 1.29 is 19.7 Å². The van der Waals surface area contributed by atoms with E-state index in [1.54, 1.807) is 0 Å². The third-order valence-electron chi connectivity index (χ3n) is 2.12. The Morgan fingerprint density at radius 2 is 2.27 bits per heavy atom. The molecule has 0 heterocycles. The Morgan fingerprint density at radius 1 is 1.60 bits per heavy atom. The average Bonchev–Trinajstić information content (AvgIpc) is 2.18. The van der Waals surface area contributed by atoms with Gasteiger partial charge >= 0.3 is 5.97 Å². The van der Waals surface area contributed by atoms with Crippen molar-refractivity contribution >= 4 is 5.97 Å². The molecular weight excluding hydrogens is 198 g/mol. The quantitative estimate of drug-likeness (QED) is 0.675. The number of hydrogen-bond donors (Lipinski definition) is 3. The molecule has 0 saturated heterocycles. The van der Waals surface area contributed by atoms with Crippen LogP contribution in [0.4, 0.5) is 0 Å². The zero-order chi connectivity index (χ0) is 11.4. The van der Waals surface area contributed by atoms with E-state index in [4.69, 9.17) is 15.6 Å². The largest absolute Gasteiger partial charge is 0.508 e. The normalized spacial score (nSPS) is 12.1. The minimum atomic E-state index is -1.04. The Hall–Kier alpha value is -1.75. The van der Waals surface area contributed by atoms with Crippen molar-refractivity contribution in [1.29, 1.82) is 0 Å². The summed E-state index contributed by atoms with van der Waals surface area (Å²) in [6.45, 7) is -0.0465. The fourth-order valence-electron chi connectivity index (χ4n) is 1.35. The molecule has 4 N–H and O–H groups in total. The maximum atomic E-state index is 10.9. The molecule has 82 valence electrons. The molecular formula is C10H13NO4. The molecule has 1 aromatic rings. The zero-order valence-electron chi connectivity index (χ0n) is 8.30. The maximum Gasteiger partial charge on any atom is 0.312 e. The molecule has 0 fully saturated rings. The Kier molecular flexibility index (Phi) is 3.51. The summed E-state index contributed by atoms with van der Waals surface area (Å²) in [6.07, 6.45) is 0. The number of ether oxygens (including phenoxy) is 1. The van der Waals surface area contributed by atoms with Gasteiger partial charge in [0.15, 0.2) is 0 Å². The summed E-state index contributed by atoms with van der Waals surface area (Å²) in [5.41, 5.74) is 5.74. The van der Waals surface area contributed by atoms with E-state index in [9.17, 15) is 9.90 Å². The van der Waals surface area contributed by atoms with Crippen molar-refractivity contribution in [2.24, 2.45) is 5.73 Å². The summed E-state index contributed by atoms with van der Waals surface area (Å²) in [4.78, 5) is 10.9. The number of hydrogen-bond acceptors (Lipinski definition) is 4. The van der Waals surface area contributed by atoms with Crippen molar-refractivity contribution in [2.45, 2.75) is 5.92 Å². The lowest BCUT2D eigenvalue weighted by Crippen LogP contribution is -2.21. The molecule has 1 unspecified atom stereocenters. The molecule has 0 aliphatic heterocycles. The van der Waals surface area contributed by atoms with Crippen LogP contribution in [0.3, 0.4) is 0 Å². The van der Waals surface area contributed by atoms with E-state index in [-0.39, 0.29) is 12.3 Å². The van der Waals surface area contributed by atoms with Gasteiger partial charge in [0.25, 0.3) is 0 Å². The Bertz CT molecular complexity index is 364. The Labute approximate surface area is 87.1 Å². The van der Waals surface area contributed by atoms with Crippen molar-refractivity contribution in [3.05, 3.63) is 23.8 Å². The number of benzene rings is 1. The highest BCUT2D eigenvalue weighted by molar-refractivity contribution is 5.77. The first-order valence-corrected chi connectivity index (χ1v) is 4.40. The van der Waals surface area contributed by atoms with Gasteiger partial charge in [-0.1, -0.05) is 0 Å². The van der Waals surface area contributed by atoms with Crippen molar-refractivity contribution in [3.63, 3.8) is 0 Å². The van der Waals surface area contributed by atoms with Gasteiger partial charge in [0.1, 0.15) is 11.5 Å². The predicted molar refractivity (Wildman–Crippen MR) is 54.1 cm³/mol. The average molecular weight is 211 g/mol. The lowest BCUT2D eigenvalue weighted by atomic mass is 9.98. The van der Waals surface area contributed by atoms with Crippen molar-refractivity contribution in [3.8, 4) is 11.5 Å². The van der Waals surface area contributed by atoms with Crippen LogP contribution < -0.4 is 10.5 Å². The van der Waals surface area contributed by atoms with Gasteiger partial charge in [0.05, 0.1) is 13.0 Å². The highest BCUT2D eigenvalue weighted by Gasteiger charge is 2.22. The molecule has 5 nitrogen and oxygen atoms in total. The summed E-state index contributed by atoms with van der Waals surface area (Å²) >= 11 is 0. The van der Waals surface area contributed by atoms with E-state index in [2.05, 4.69) is 0 Å². The molecule has 0 amide bonds. The molecule has 0 aliphatic carbocycles. The van der Waals surface area contributed by atoms with Crippen molar-refractivity contribution in [1.82, 2.24) is 0 Å². The van der Waals surface area contributed by atoms with Crippen LogP contribution in [-0.4, -0.2) is 29.8 Å². The molecule has 1 aromatic carbocycles. The summed E-state index contributed by atoms with van der Waals surface area (Å²) < 4.78 is 5.00. The summed E-state index contributed by atoms with van der Waals surface area (Å²) in [5.74, 6) is -1.51. The van der Waals surface area contributed by atoms with E-state index < -0.39 is 11.9 Å². The van der Waals surface area contributed by atoms with Crippen LogP contribution in [0.2, 0.25) is 0 Å². The highest BCUT2D eigenvalue weighted by Crippen LogP contribution is 2.29. The number of carboxylic acids is 1. The van der Waals surface area contributed by atoms with E-state index >= 15 is 0 Å². The molecule has 0 aliphatic rings. The molecule has 0 bridgehead atoms. The maximum absolute atomic E-state index is 10.9. The number of rotatable bonds is 4. The highest BCUT2D eigenvalue weighted by atomic mass is 16.5. The van der Waals surface area contributed by atoms with Gasteiger partial charge in [-0.25, -0.2) is 0 Å². The summed E-state index contributed by atoms with van der Waals surface area (Å²) in [7, 11) is 1.44. The molecule has 5 heteroatoms. The number of carboxylic acid groups (broad SMARTS) is 1. The number of aromatic hydroxyl groups is 1. The molecule has 0 saturated carbocycles. The number of aliphatic carboxylic acids is 1. The smallest absolute Gasteiger partial charge is 0.312 e. The number of carbonyl (C=O) groups is 1. The monoisotopic (exact) mass is 211 g/mol. The number of methoxy groups -OCH3 is 1. The van der Waals surface area contributed by atoms with E-state index in [1.165, 1.54) is 25.3 Å². The zero-order valence-corrected chi connectivity index (χ0v) is 8.30. The fourth-order valence-corrected chi connectivity index (χ4v) is 1.35. The van der Waals surface area contributed by atoms with E-state index in [0.29, 0.717) is 11.3 Å². The lowest BCUT2D eigenvalue weighted by molar-refractivity contribution is -0.138. The lowest BCUT2D eigenvalue weighted by Gasteiger charge is -2.14. The summed E-state index contributed by atoms with van der Waals surface area (Å²) in [5, 5.41) is 18.2. The predicted octanol–water partition coefficient (Wildman–Crippen LogP) is 0.528. The number of phenolic OH excluding ortho intramolecular Hbond substituents is 1. The first-order valence-electron chi connectivity index (χ1n) is 4.40. The summed E-state index contributed by atoms with van der Waals surface area (Å²) in [6, 6.07) is 4.29. The first kappa shape index (κ1) is 11.3. The van der Waals surface area contributed by atoms with E-state index in [0.717, 1.165) is 0 Å². The second-order valence-corrected chi connectivity index (χ2v) is 3.05. The van der Waals surface area contributed by atoms with Gasteiger partial charge in [-0.15, -0.1) is 0 Å². The third-order valence-corrected chi connectivity index (χ3v) is 2.12. The van der Waals surface area contributed by atoms with Gasteiger partial charge in [-0.2, -0.15) is 0 Å². The topological polar surface area (TPSA) is 92.8 Å². The molecule has 0 radical (unpaired) electrons. The van der Waals surface area contributed by atoms with E-state index in [1.807, 2.05) is 0 Å². The number of phenols is 1. The van der Waals surface area contributed by atoms with Crippen LogP contribution in [0.5, 0.6) is 11.5 Å². The molecule has 0 aromatic heterocycles. The third kappa shape index (κ3) is 2.38. The second kappa shape index (κ2) is 4.65. The van der Waals surface area contributed by atoms with Gasteiger partial charge in [0, 0.05) is 12.1 Å². The minimum Gasteiger partial charge on any atom is -0.508 e. The van der Waals surface area contributed by atoms with Crippen LogP contribution in [0, 0.1) is 0 Å². The minimum absolute atomic E-state index is 0.00880. The Morgan fingerprint density at radius 3 is 2.73 bits per heavy atom. The van der Waals surface area contributed by atoms with Crippen LogP contribution in [0.25, 0.3) is 0 Å².